The fourth-order valence-electron chi connectivity index (χ4n) is 4.66. The summed E-state index contributed by atoms with van der Waals surface area (Å²) in [7, 11) is 0. The Bertz CT molecular complexity index is 618. The molecule has 136 valence electrons. The Hall–Kier alpha value is -1.38. The van der Waals surface area contributed by atoms with E-state index in [0.29, 0.717) is 17.8 Å². The molecule has 0 spiro atoms. The highest BCUT2D eigenvalue weighted by molar-refractivity contribution is 5.23. The molecule has 2 aliphatic rings. The van der Waals surface area contributed by atoms with E-state index in [1.807, 2.05) is 0 Å². The maximum atomic E-state index is 10.5. The molecule has 2 nitrogen and oxygen atoms in total. The molecule has 1 aromatic carbocycles. The van der Waals surface area contributed by atoms with Gasteiger partial charge in [-0.15, -0.1) is 0 Å². The van der Waals surface area contributed by atoms with Crippen molar-refractivity contribution in [3.63, 3.8) is 0 Å². The van der Waals surface area contributed by atoms with Crippen LogP contribution in [-0.2, 0) is 6.42 Å². The first-order valence-corrected chi connectivity index (χ1v) is 9.97. The van der Waals surface area contributed by atoms with Crippen LogP contribution in [0.1, 0.15) is 49.7 Å². The van der Waals surface area contributed by atoms with Crippen LogP contribution < -0.4 is 5.73 Å². The van der Waals surface area contributed by atoms with Gasteiger partial charge in [-0.25, -0.2) is 0 Å². The van der Waals surface area contributed by atoms with Gasteiger partial charge in [-0.2, -0.15) is 0 Å². The van der Waals surface area contributed by atoms with Gasteiger partial charge in [-0.05, 0) is 75.8 Å². The van der Waals surface area contributed by atoms with Crippen molar-refractivity contribution in [3.05, 3.63) is 59.2 Å². The van der Waals surface area contributed by atoms with E-state index in [0.717, 1.165) is 32.2 Å². The highest BCUT2D eigenvalue weighted by Crippen LogP contribution is 2.48. The summed E-state index contributed by atoms with van der Waals surface area (Å²) in [5.74, 6) is 1.55. The van der Waals surface area contributed by atoms with Crippen molar-refractivity contribution < 1.29 is 5.11 Å². The van der Waals surface area contributed by atoms with E-state index in [9.17, 15) is 5.11 Å². The Labute approximate surface area is 152 Å². The second kappa shape index (κ2) is 8.82. The van der Waals surface area contributed by atoms with E-state index in [1.165, 1.54) is 30.4 Å². The largest absolute Gasteiger partial charge is 0.392 e. The molecular weight excluding hydrogens is 306 g/mol. The molecule has 0 saturated heterocycles. The number of rotatable bonds is 8. The normalized spacial score (nSPS) is 28.5. The van der Waals surface area contributed by atoms with E-state index in [1.54, 1.807) is 5.57 Å². The first kappa shape index (κ1) is 18.4. The number of aryl methyl sites for hydroxylation is 2. The van der Waals surface area contributed by atoms with Crippen molar-refractivity contribution in [2.45, 2.75) is 58.0 Å². The maximum Gasteiger partial charge on any atom is 0.0611 e. The van der Waals surface area contributed by atoms with Crippen LogP contribution in [0.15, 0.2) is 48.1 Å². The zero-order valence-electron chi connectivity index (χ0n) is 15.5. The third-order valence-corrected chi connectivity index (χ3v) is 5.94. The minimum Gasteiger partial charge on any atom is -0.392 e. The molecule has 4 atom stereocenters. The maximum absolute atomic E-state index is 10.5. The molecule has 2 heteroatoms. The topological polar surface area (TPSA) is 46.2 Å². The first-order valence-electron chi connectivity index (χ1n) is 9.97. The van der Waals surface area contributed by atoms with Crippen molar-refractivity contribution >= 4 is 0 Å². The van der Waals surface area contributed by atoms with Gasteiger partial charge < -0.3 is 10.8 Å². The van der Waals surface area contributed by atoms with E-state index in [4.69, 9.17) is 5.73 Å². The summed E-state index contributed by atoms with van der Waals surface area (Å²) in [4.78, 5) is 0. The first-order chi connectivity index (χ1) is 12.2. The molecule has 2 aliphatic carbocycles. The Morgan fingerprint density at radius 1 is 1.24 bits per heavy atom. The summed E-state index contributed by atoms with van der Waals surface area (Å²) < 4.78 is 0. The van der Waals surface area contributed by atoms with Crippen LogP contribution in [0, 0.1) is 24.7 Å². The monoisotopic (exact) mass is 339 g/mol. The summed E-state index contributed by atoms with van der Waals surface area (Å²) in [5, 5.41) is 10.5. The number of hydrogen-bond donors (Lipinski definition) is 2. The number of aliphatic hydroxyl groups excluding tert-OH is 1. The van der Waals surface area contributed by atoms with Crippen LogP contribution in [0.5, 0.6) is 0 Å². The van der Waals surface area contributed by atoms with Crippen molar-refractivity contribution in [1.82, 2.24) is 0 Å². The van der Waals surface area contributed by atoms with Gasteiger partial charge in [0, 0.05) is 5.92 Å². The highest BCUT2D eigenvalue weighted by atomic mass is 16.3. The van der Waals surface area contributed by atoms with E-state index >= 15 is 0 Å². The lowest BCUT2D eigenvalue weighted by Gasteiger charge is -2.18. The van der Waals surface area contributed by atoms with Crippen molar-refractivity contribution in [2.75, 3.05) is 6.54 Å². The van der Waals surface area contributed by atoms with Crippen LogP contribution in [-0.4, -0.2) is 17.8 Å². The number of fused-ring (bicyclic) bond motifs is 1. The molecule has 0 aromatic heterocycles. The Balaban J connectivity index is 1.49. The molecule has 0 unspecified atom stereocenters. The molecule has 1 fully saturated rings. The van der Waals surface area contributed by atoms with E-state index in [2.05, 4.69) is 49.4 Å². The third-order valence-electron chi connectivity index (χ3n) is 5.94. The van der Waals surface area contributed by atoms with Gasteiger partial charge in [0.2, 0.25) is 0 Å². The van der Waals surface area contributed by atoms with Gasteiger partial charge >= 0.3 is 0 Å². The lowest BCUT2D eigenvalue weighted by molar-refractivity contribution is 0.141. The standard InChI is InChI=1S/C23H33NO/c1-17-7-6-10-18(13-17)8-2-3-11-21-22-15-19(9-4-5-12-24)14-20(22)16-23(21)25/h3,6-7,10-11,13-14,20-23,25H,2,4-5,8-9,12,15-16,24H2,1H3/t20-,21+,22-,23+/m0/s1. The fraction of sp³-hybridized carbons (Fsp3) is 0.565. The van der Waals surface area contributed by atoms with Gasteiger partial charge in [0.1, 0.15) is 0 Å². The average Bonchev–Trinajstić information content (AvgIpc) is 3.09. The zero-order valence-corrected chi connectivity index (χ0v) is 15.5. The smallest absolute Gasteiger partial charge is 0.0611 e. The second-order valence-corrected chi connectivity index (χ2v) is 7.94. The molecular formula is C23H33NO. The van der Waals surface area contributed by atoms with Gasteiger partial charge in [-0.3, -0.25) is 0 Å². The summed E-state index contributed by atoms with van der Waals surface area (Å²) >= 11 is 0. The molecule has 0 amide bonds. The third kappa shape index (κ3) is 4.83. The average molecular weight is 340 g/mol. The summed E-state index contributed by atoms with van der Waals surface area (Å²) in [6, 6.07) is 8.75. The van der Waals surface area contributed by atoms with E-state index in [-0.39, 0.29) is 6.10 Å². The van der Waals surface area contributed by atoms with Crippen LogP contribution in [0.2, 0.25) is 0 Å². The van der Waals surface area contributed by atoms with E-state index < -0.39 is 0 Å². The minimum absolute atomic E-state index is 0.160. The van der Waals surface area contributed by atoms with Crippen molar-refractivity contribution in [1.29, 1.82) is 0 Å². The number of hydrogen-bond acceptors (Lipinski definition) is 2. The molecule has 3 N–H and O–H groups in total. The van der Waals surface area contributed by atoms with Crippen LogP contribution in [0.25, 0.3) is 0 Å². The van der Waals surface area contributed by atoms with Crippen molar-refractivity contribution in [2.24, 2.45) is 23.5 Å². The molecule has 25 heavy (non-hydrogen) atoms. The molecule has 1 saturated carbocycles. The molecule has 0 radical (unpaired) electrons. The summed E-state index contributed by atoms with van der Waals surface area (Å²) in [6.45, 7) is 2.94. The number of unbranched alkanes of at least 4 members (excludes halogenated alkanes) is 1. The predicted molar refractivity (Wildman–Crippen MR) is 105 cm³/mol. The van der Waals surface area contributed by atoms with Crippen LogP contribution >= 0.6 is 0 Å². The molecule has 0 bridgehead atoms. The van der Waals surface area contributed by atoms with Gasteiger partial charge in [-0.1, -0.05) is 53.6 Å². The molecule has 3 rings (SSSR count). The molecule has 0 heterocycles. The number of nitrogens with two attached hydrogens (primary N) is 1. The van der Waals surface area contributed by atoms with Gasteiger partial charge in [0.25, 0.3) is 0 Å². The SMILES string of the molecule is Cc1cccc(CCC=C[C@@H]2[C@H]3CC(CCCCN)=C[C@H]3C[C@H]2O)c1. The predicted octanol–water partition coefficient (Wildman–Crippen LogP) is 4.56. The summed E-state index contributed by atoms with van der Waals surface area (Å²) in [6.07, 6.45) is 14.7. The number of allylic oxidation sites excluding steroid dienone is 3. The Kier molecular flexibility index (Phi) is 6.50. The lowest BCUT2D eigenvalue weighted by Crippen LogP contribution is -2.17. The minimum atomic E-state index is -0.160. The summed E-state index contributed by atoms with van der Waals surface area (Å²) in [5.41, 5.74) is 9.94. The Morgan fingerprint density at radius 3 is 2.92 bits per heavy atom. The van der Waals surface area contributed by atoms with Gasteiger partial charge in [0.05, 0.1) is 6.10 Å². The number of aliphatic hydroxyl groups is 1. The zero-order chi connectivity index (χ0) is 17.6. The quantitative estimate of drug-likeness (QED) is 0.539. The van der Waals surface area contributed by atoms with Crippen LogP contribution in [0.3, 0.4) is 0 Å². The fourth-order valence-corrected chi connectivity index (χ4v) is 4.66. The molecule has 1 aromatic rings. The lowest BCUT2D eigenvalue weighted by atomic mass is 9.88. The molecule has 0 aliphatic heterocycles. The second-order valence-electron chi connectivity index (χ2n) is 7.94. The van der Waals surface area contributed by atoms with Crippen molar-refractivity contribution in [3.8, 4) is 0 Å². The van der Waals surface area contributed by atoms with Gasteiger partial charge in [0.15, 0.2) is 0 Å². The number of benzene rings is 1. The van der Waals surface area contributed by atoms with Crippen LogP contribution in [0.4, 0.5) is 0 Å². The Morgan fingerprint density at radius 2 is 2.12 bits per heavy atom. The highest BCUT2D eigenvalue weighted by Gasteiger charge is 2.42.